The lowest BCUT2D eigenvalue weighted by Gasteiger charge is -2.23. The van der Waals surface area contributed by atoms with Gasteiger partial charge in [-0.25, -0.2) is 0 Å². The molecule has 1 aromatic heterocycles. The van der Waals surface area contributed by atoms with Crippen molar-refractivity contribution in [2.45, 2.75) is 58.2 Å². The van der Waals surface area contributed by atoms with Crippen molar-refractivity contribution in [1.29, 1.82) is 0 Å². The third kappa shape index (κ3) is 5.71. The van der Waals surface area contributed by atoms with Gasteiger partial charge in [-0.3, -0.25) is 4.79 Å². The van der Waals surface area contributed by atoms with Crippen LogP contribution in [0.1, 0.15) is 50.8 Å². The standard InChI is InChI=1S/C25H31N3O3/c1-17(2)27-25(29)21-5-3-4-20(14-21)23-15-24(31-28-23)19-8-6-18(7-9-19)16-26-22-10-12-30-13-11-22/h4,6-9,14-15,17,22,26H,3,5,10-13,16H2,1-2H3,(H,27,29). The summed E-state index contributed by atoms with van der Waals surface area (Å²) in [5.74, 6) is 0.723. The van der Waals surface area contributed by atoms with Gasteiger partial charge in [-0.1, -0.05) is 35.5 Å². The summed E-state index contributed by atoms with van der Waals surface area (Å²) in [5, 5.41) is 10.8. The normalized spacial score (nSPS) is 17.4. The first kappa shape index (κ1) is 21.5. The number of nitrogens with zero attached hydrogens (tertiary/aromatic N) is 1. The van der Waals surface area contributed by atoms with Crippen LogP contribution in [0.2, 0.25) is 0 Å². The Kier molecular flexibility index (Phi) is 6.99. The van der Waals surface area contributed by atoms with Crippen LogP contribution in [0, 0.1) is 0 Å². The van der Waals surface area contributed by atoms with E-state index in [2.05, 4.69) is 46.1 Å². The molecule has 6 heteroatoms. The Labute approximate surface area is 183 Å². The Bertz CT molecular complexity index is 951. The number of rotatable bonds is 7. The van der Waals surface area contributed by atoms with E-state index in [0.717, 1.165) is 73.6 Å². The van der Waals surface area contributed by atoms with E-state index in [1.54, 1.807) is 0 Å². The number of allylic oxidation sites excluding steroid dienone is 3. The third-order valence-corrected chi connectivity index (χ3v) is 5.68. The summed E-state index contributed by atoms with van der Waals surface area (Å²) >= 11 is 0. The van der Waals surface area contributed by atoms with Gasteiger partial charge in [-0.05, 0) is 51.2 Å². The van der Waals surface area contributed by atoms with Gasteiger partial charge in [0, 0.05) is 54.6 Å². The monoisotopic (exact) mass is 421 g/mol. The van der Waals surface area contributed by atoms with Gasteiger partial charge in [0.15, 0.2) is 5.76 Å². The maximum Gasteiger partial charge on any atom is 0.247 e. The van der Waals surface area contributed by atoms with Gasteiger partial charge in [0.05, 0.1) is 0 Å². The molecule has 164 valence electrons. The topological polar surface area (TPSA) is 76.4 Å². The molecule has 0 radical (unpaired) electrons. The van der Waals surface area contributed by atoms with Crippen LogP contribution >= 0.6 is 0 Å². The van der Waals surface area contributed by atoms with Gasteiger partial charge in [0.25, 0.3) is 0 Å². The Hall–Kier alpha value is -2.70. The average molecular weight is 422 g/mol. The molecule has 2 N–H and O–H groups in total. The maximum absolute atomic E-state index is 12.3. The predicted octanol–water partition coefficient (Wildman–Crippen LogP) is 4.24. The largest absolute Gasteiger partial charge is 0.381 e. The van der Waals surface area contributed by atoms with Crippen LogP contribution in [0.5, 0.6) is 0 Å². The summed E-state index contributed by atoms with van der Waals surface area (Å²) in [4.78, 5) is 12.3. The van der Waals surface area contributed by atoms with Crippen LogP contribution in [0.25, 0.3) is 16.9 Å². The molecule has 1 aromatic carbocycles. The molecule has 1 fully saturated rings. The third-order valence-electron chi connectivity index (χ3n) is 5.68. The molecule has 1 aliphatic heterocycles. The zero-order chi connectivity index (χ0) is 21.6. The number of hydrogen-bond acceptors (Lipinski definition) is 5. The molecule has 0 atom stereocenters. The zero-order valence-corrected chi connectivity index (χ0v) is 18.3. The fourth-order valence-electron chi connectivity index (χ4n) is 3.91. The van der Waals surface area contributed by atoms with Crippen LogP contribution < -0.4 is 10.6 Å². The number of benzene rings is 1. The van der Waals surface area contributed by atoms with E-state index >= 15 is 0 Å². The molecule has 1 aliphatic carbocycles. The molecule has 0 unspecified atom stereocenters. The lowest BCUT2D eigenvalue weighted by molar-refractivity contribution is -0.118. The summed E-state index contributed by atoms with van der Waals surface area (Å²) < 4.78 is 11.0. The highest BCUT2D eigenvalue weighted by Gasteiger charge is 2.17. The molecule has 2 heterocycles. The Morgan fingerprint density at radius 3 is 2.71 bits per heavy atom. The second-order valence-corrected chi connectivity index (χ2v) is 8.54. The number of hydrogen-bond donors (Lipinski definition) is 2. The van der Waals surface area contributed by atoms with Crippen LogP contribution in [-0.2, 0) is 16.1 Å². The first-order chi connectivity index (χ1) is 15.1. The first-order valence-corrected chi connectivity index (χ1v) is 11.2. The second-order valence-electron chi connectivity index (χ2n) is 8.54. The van der Waals surface area contributed by atoms with Gasteiger partial charge in [-0.15, -0.1) is 0 Å². The Morgan fingerprint density at radius 1 is 1.19 bits per heavy atom. The molecule has 0 spiro atoms. The highest BCUT2D eigenvalue weighted by atomic mass is 16.5. The summed E-state index contributed by atoms with van der Waals surface area (Å²) in [6.07, 6.45) is 7.75. The minimum atomic E-state index is -0.00531. The molecule has 1 amide bonds. The van der Waals surface area contributed by atoms with E-state index < -0.39 is 0 Å². The van der Waals surface area contributed by atoms with Crippen molar-refractivity contribution >= 4 is 11.5 Å². The van der Waals surface area contributed by atoms with Crippen LogP contribution in [-0.4, -0.2) is 36.4 Å². The molecule has 6 nitrogen and oxygen atoms in total. The Morgan fingerprint density at radius 2 is 1.97 bits per heavy atom. The van der Waals surface area contributed by atoms with Crippen molar-refractivity contribution < 1.29 is 14.1 Å². The summed E-state index contributed by atoms with van der Waals surface area (Å²) in [6, 6.07) is 11.0. The first-order valence-electron chi connectivity index (χ1n) is 11.2. The van der Waals surface area contributed by atoms with Crippen molar-refractivity contribution in [2.24, 2.45) is 0 Å². The zero-order valence-electron chi connectivity index (χ0n) is 18.3. The van der Waals surface area contributed by atoms with Gasteiger partial charge < -0.3 is 19.9 Å². The van der Waals surface area contributed by atoms with Crippen molar-refractivity contribution in [3.63, 3.8) is 0 Å². The van der Waals surface area contributed by atoms with Crippen LogP contribution in [0.3, 0.4) is 0 Å². The number of carbonyl (C=O) groups excluding carboxylic acids is 1. The lowest BCUT2D eigenvalue weighted by Crippen LogP contribution is -2.34. The van der Waals surface area contributed by atoms with Gasteiger partial charge in [0.1, 0.15) is 5.69 Å². The molecule has 4 rings (SSSR count). The predicted molar refractivity (Wildman–Crippen MR) is 121 cm³/mol. The maximum atomic E-state index is 12.3. The van der Waals surface area contributed by atoms with Crippen molar-refractivity contribution in [3.8, 4) is 11.3 Å². The lowest BCUT2D eigenvalue weighted by atomic mass is 9.96. The highest BCUT2D eigenvalue weighted by Crippen LogP contribution is 2.28. The molecular weight excluding hydrogens is 390 g/mol. The summed E-state index contributed by atoms with van der Waals surface area (Å²) in [5.41, 5.74) is 4.72. The number of nitrogens with one attached hydrogen (secondary N) is 2. The molecule has 1 saturated heterocycles. The summed E-state index contributed by atoms with van der Waals surface area (Å²) in [7, 11) is 0. The van der Waals surface area contributed by atoms with Crippen LogP contribution in [0.4, 0.5) is 0 Å². The van der Waals surface area contributed by atoms with Crippen molar-refractivity contribution in [3.05, 3.63) is 59.3 Å². The SMILES string of the molecule is CC(C)NC(=O)C1=CC(c2cc(-c3ccc(CNC4CCOCC4)cc3)on2)=CCC1. The van der Waals surface area contributed by atoms with E-state index in [1.165, 1.54) is 5.56 Å². The van der Waals surface area contributed by atoms with Crippen LogP contribution in [0.15, 0.2) is 52.6 Å². The fourth-order valence-corrected chi connectivity index (χ4v) is 3.91. The molecular formula is C25H31N3O3. The highest BCUT2D eigenvalue weighted by molar-refractivity contribution is 5.97. The number of carbonyl (C=O) groups is 1. The average Bonchev–Trinajstić information content (AvgIpc) is 3.29. The molecule has 2 aliphatic rings. The number of aromatic nitrogens is 1. The molecule has 0 bridgehead atoms. The quantitative estimate of drug-likeness (QED) is 0.699. The van der Waals surface area contributed by atoms with E-state index in [1.807, 2.05) is 26.0 Å². The number of ether oxygens (including phenoxy) is 1. The number of amides is 1. The Balaban J connectivity index is 1.39. The van der Waals surface area contributed by atoms with Gasteiger partial charge in [-0.2, -0.15) is 0 Å². The second kappa shape index (κ2) is 10.1. The van der Waals surface area contributed by atoms with E-state index in [-0.39, 0.29) is 11.9 Å². The van der Waals surface area contributed by atoms with E-state index in [9.17, 15) is 4.79 Å². The summed E-state index contributed by atoms with van der Waals surface area (Å²) in [6.45, 7) is 6.48. The minimum Gasteiger partial charge on any atom is -0.381 e. The smallest absolute Gasteiger partial charge is 0.247 e. The minimum absolute atomic E-state index is 0.00531. The van der Waals surface area contributed by atoms with E-state index in [4.69, 9.17) is 9.26 Å². The van der Waals surface area contributed by atoms with Crippen molar-refractivity contribution in [1.82, 2.24) is 15.8 Å². The molecule has 0 saturated carbocycles. The van der Waals surface area contributed by atoms with Crippen molar-refractivity contribution in [2.75, 3.05) is 13.2 Å². The van der Waals surface area contributed by atoms with Gasteiger partial charge in [0.2, 0.25) is 5.91 Å². The van der Waals surface area contributed by atoms with E-state index in [0.29, 0.717) is 6.04 Å². The molecule has 2 aromatic rings. The van der Waals surface area contributed by atoms with Gasteiger partial charge >= 0.3 is 0 Å². The fraction of sp³-hybridized carbons (Fsp3) is 0.440. The molecule has 31 heavy (non-hydrogen) atoms.